The number of allylic oxidation sites excluding steroid dienone is 1. The van der Waals surface area contributed by atoms with E-state index in [-0.39, 0.29) is 28.6 Å². The number of hydrogen-bond donors (Lipinski definition) is 0. The topological polar surface area (TPSA) is 80.8 Å². The number of hydrogen-bond acceptors (Lipinski definition) is 5. The van der Waals surface area contributed by atoms with Crippen LogP contribution < -0.4 is 4.90 Å². The number of carbonyl (C=O) groups is 1. The minimum Gasteiger partial charge on any atom is -0.372 e. The van der Waals surface area contributed by atoms with Crippen LogP contribution in [0, 0.1) is 24.5 Å². The fourth-order valence-corrected chi connectivity index (χ4v) is 4.51. The van der Waals surface area contributed by atoms with E-state index in [1.165, 1.54) is 36.3 Å². The van der Waals surface area contributed by atoms with Crippen LogP contribution >= 0.6 is 0 Å². The minimum atomic E-state index is -0.368. The van der Waals surface area contributed by atoms with Crippen molar-refractivity contribution >= 4 is 29.0 Å². The molecule has 0 aromatic heterocycles. The third-order valence-electron chi connectivity index (χ3n) is 6.91. The molecule has 0 atom stereocenters. The number of benzene rings is 2. The molecule has 0 bridgehead atoms. The summed E-state index contributed by atoms with van der Waals surface area (Å²) in [6, 6.07) is 17.4. The zero-order chi connectivity index (χ0) is 30.3. The summed E-state index contributed by atoms with van der Waals surface area (Å²) in [5, 5.41) is 18.2. The zero-order valence-electron chi connectivity index (χ0n) is 24.7. The second kappa shape index (κ2) is 16.3. The van der Waals surface area contributed by atoms with E-state index in [0.29, 0.717) is 18.7 Å². The van der Waals surface area contributed by atoms with Crippen molar-refractivity contribution in [2.45, 2.75) is 59.3 Å². The Labute approximate surface area is 249 Å². The smallest absolute Gasteiger partial charge is 0.274 e. The van der Waals surface area contributed by atoms with Gasteiger partial charge in [-0.1, -0.05) is 64.3 Å². The van der Waals surface area contributed by atoms with E-state index in [1.54, 1.807) is 12.2 Å². The van der Waals surface area contributed by atoms with Crippen LogP contribution in [0.2, 0.25) is 0 Å². The lowest BCUT2D eigenvalue weighted by Gasteiger charge is -2.24. The first-order valence-corrected chi connectivity index (χ1v) is 14.5. The SMILES string of the molecule is [C-]#[N+]C1=C(/C=C/c2ccc(N=Nc3ccc(N(CCCC)CCCC)cc3)cc2)C(=O)N(CCCC)/C1=C(\C#N)[N+]#[C-]. The Kier molecular flexibility index (Phi) is 12.2. The van der Waals surface area contributed by atoms with Crippen molar-refractivity contribution in [2.24, 2.45) is 10.2 Å². The van der Waals surface area contributed by atoms with E-state index in [0.717, 1.165) is 30.8 Å². The molecule has 0 spiro atoms. The molecule has 0 unspecified atom stereocenters. The third-order valence-corrected chi connectivity index (χ3v) is 6.91. The molecule has 0 fully saturated rings. The van der Waals surface area contributed by atoms with Crippen molar-refractivity contribution in [2.75, 3.05) is 24.5 Å². The maximum absolute atomic E-state index is 13.2. The average molecular weight is 560 g/mol. The van der Waals surface area contributed by atoms with Gasteiger partial charge < -0.3 is 9.80 Å². The number of unbranched alkanes of at least 4 members (excludes halogenated alkanes) is 3. The summed E-state index contributed by atoms with van der Waals surface area (Å²) >= 11 is 0. The molecule has 1 amide bonds. The first-order valence-electron chi connectivity index (χ1n) is 14.5. The van der Waals surface area contributed by atoms with Crippen molar-refractivity contribution in [3.8, 4) is 6.07 Å². The molecule has 214 valence electrons. The number of nitrogens with zero attached hydrogens (tertiary/aromatic N) is 7. The van der Waals surface area contributed by atoms with Crippen LogP contribution in [0.4, 0.5) is 17.1 Å². The quantitative estimate of drug-likeness (QED) is 0.132. The molecule has 1 aliphatic rings. The Morgan fingerprint density at radius 3 is 1.98 bits per heavy atom. The zero-order valence-corrected chi connectivity index (χ0v) is 24.7. The molecule has 0 radical (unpaired) electrons. The van der Waals surface area contributed by atoms with Crippen LogP contribution in [-0.2, 0) is 4.79 Å². The van der Waals surface area contributed by atoms with Gasteiger partial charge in [-0.3, -0.25) is 4.79 Å². The van der Waals surface area contributed by atoms with Gasteiger partial charge in [-0.2, -0.15) is 10.2 Å². The lowest BCUT2D eigenvalue weighted by molar-refractivity contribution is -0.124. The van der Waals surface area contributed by atoms with Crippen LogP contribution in [0.1, 0.15) is 64.9 Å². The van der Waals surface area contributed by atoms with Crippen LogP contribution in [0.3, 0.4) is 0 Å². The highest BCUT2D eigenvalue weighted by Gasteiger charge is 2.36. The fraction of sp³-hybridized carbons (Fsp3) is 0.353. The van der Waals surface area contributed by atoms with Crippen LogP contribution in [0.25, 0.3) is 15.8 Å². The summed E-state index contributed by atoms with van der Waals surface area (Å²) in [7, 11) is 0. The maximum Gasteiger partial charge on any atom is 0.274 e. The number of amides is 1. The van der Waals surface area contributed by atoms with Crippen molar-refractivity contribution in [1.82, 2.24) is 4.90 Å². The Bertz CT molecular complexity index is 1450. The van der Waals surface area contributed by atoms with Gasteiger partial charge in [0.05, 0.1) is 36.3 Å². The van der Waals surface area contributed by atoms with Gasteiger partial charge in [0.25, 0.3) is 5.70 Å². The van der Waals surface area contributed by atoms with E-state index >= 15 is 0 Å². The summed E-state index contributed by atoms with van der Waals surface area (Å²) < 4.78 is 0. The van der Waals surface area contributed by atoms with Crippen molar-refractivity contribution < 1.29 is 4.79 Å². The number of rotatable bonds is 14. The van der Waals surface area contributed by atoms with E-state index < -0.39 is 0 Å². The minimum absolute atomic E-state index is 0.0372. The Morgan fingerprint density at radius 1 is 0.905 bits per heavy atom. The molecule has 1 heterocycles. The largest absolute Gasteiger partial charge is 0.372 e. The van der Waals surface area contributed by atoms with E-state index in [2.05, 4.69) is 50.8 Å². The molecule has 1 aliphatic heterocycles. The van der Waals surface area contributed by atoms with Crippen LogP contribution in [0.5, 0.6) is 0 Å². The Hall–Kier alpha value is -5.00. The molecule has 2 aromatic carbocycles. The first-order chi connectivity index (χ1) is 20.5. The predicted molar refractivity (Wildman–Crippen MR) is 168 cm³/mol. The van der Waals surface area contributed by atoms with Crippen molar-refractivity contribution in [3.05, 3.63) is 106 Å². The highest BCUT2D eigenvalue weighted by Crippen LogP contribution is 2.34. The Morgan fingerprint density at radius 2 is 1.48 bits per heavy atom. The van der Waals surface area contributed by atoms with Gasteiger partial charge in [0.2, 0.25) is 11.6 Å². The molecule has 3 rings (SSSR count). The number of carbonyl (C=O) groups excluding carboxylic acids is 1. The van der Waals surface area contributed by atoms with E-state index in [4.69, 9.17) is 13.1 Å². The van der Waals surface area contributed by atoms with E-state index in [1.807, 2.05) is 49.4 Å². The molecule has 2 aromatic rings. The summed E-state index contributed by atoms with van der Waals surface area (Å²) in [5.41, 5.74) is 3.57. The second-order valence-electron chi connectivity index (χ2n) is 9.94. The fourth-order valence-electron chi connectivity index (χ4n) is 4.51. The van der Waals surface area contributed by atoms with Gasteiger partial charge in [0, 0.05) is 30.9 Å². The molecule has 0 aliphatic carbocycles. The third kappa shape index (κ3) is 8.03. The van der Waals surface area contributed by atoms with Crippen LogP contribution in [0.15, 0.2) is 87.5 Å². The van der Waals surface area contributed by atoms with Gasteiger partial charge in [0.1, 0.15) is 0 Å². The van der Waals surface area contributed by atoms with Gasteiger partial charge in [-0.05, 0) is 61.2 Å². The normalized spacial score (nSPS) is 14.4. The lowest BCUT2D eigenvalue weighted by Crippen LogP contribution is -2.27. The molecular weight excluding hydrogens is 522 g/mol. The van der Waals surface area contributed by atoms with Gasteiger partial charge >= 0.3 is 0 Å². The molecule has 0 N–H and O–H groups in total. The molecule has 0 saturated heterocycles. The maximum atomic E-state index is 13.2. The van der Waals surface area contributed by atoms with Crippen molar-refractivity contribution in [1.29, 1.82) is 5.26 Å². The highest BCUT2D eigenvalue weighted by molar-refractivity contribution is 6.04. The monoisotopic (exact) mass is 559 g/mol. The summed E-state index contributed by atoms with van der Waals surface area (Å²) in [6.45, 7) is 23.9. The van der Waals surface area contributed by atoms with Crippen molar-refractivity contribution in [3.63, 3.8) is 0 Å². The summed E-state index contributed by atoms with van der Waals surface area (Å²) in [6.07, 6.45) is 9.55. The number of nitriles is 1. The molecule has 0 saturated carbocycles. The Balaban J connectivity index is 1.75. The summed E-state index contributed by atoms with van der Waals surface area (Å²) in [5.74, 6) is -0.368. The molecule has 42 heavy (non-hydrogen) atoms. The van der Waals surface area contributed by atoms with E-state index in [9.17, 15) is 10.1 Å². The predicted octanol–water partition coefficient (Wildman–Crippen LogP) is 8.99. The molecule has 8 nitrogen and oxygen atoms in total. The van der Waals surface area contributed by atoms with Gasteiger partial charge in [-0.15, -0.1) is 0 Å². The highest BCUT2D eigenvalue weighted by atomic mass is 16.2. The van der Waals surface area contributed by atoms with Crippen LogP contribution in [-0.4, -0.2) is 30.4 Å². The standard InChI is InChI=1S/C34H37N7O/c1-6-9-22-40(23-10-7-2)29-19-17-28(18-20-29)39-38-27-15-12-26(13-16-27)14-21-30-32(37-5)33(31(25-35)36-4)41(34(30)42)24-11-8-3/h12-21H,6-11,22-24H2,1-3H3/b21-14+,33-31+,39-38?. The molecular formula is C34H37N7O. The summed E-state index contributed by atoms with van der Waals surface area (Å²) in [4.78, 5) is 23.8. The second-order valence-corrected chi connectivity index (χ2v) is 9.94. The van der Waals surface area contributed by atoms with Gasteiger partial charge in [-0.25, -0.2) is 15.0 Å². The number of anilines is 1. The van der Waals surface area contributed by atoms with Gasteiger partial charge in [0.15, 0.2) is 0 Å². The number of azo groups is 1. The average Bonchev–Trinajstić information content (AvgIpc) is 3.29. The first kappa shape index (κ1) is 31.5. The lowest BCUT2D eigenvalue weighted by atomic mass is 10.1. The molecule has 8 heteroatoms.